The molecule has 0 bridgehead atoms. The summed E-state index contributed by atoms with van der Waals surface area (Å²) >= 11 is 0. The molecule has 1 aromatic carbocycles. The molecule has 1 atom stereocenters. The number of rotatable bonds is 6. The van der Waals surface area contributed by atoms with Crippen molar-refractivity contribution in [1.29, 1.82) is 0 Å². The Morgan fingerprint density at radius 2 is 1.96 bits per heavy atom. The molecule has 2 rings (SSSR count). The van der Waals surface area contributed by atoms with Crippen molar-refractivity contribution in [2.45, 2.75) is 31.3 Å². The molecule has 1 aliphatic rings. The molecule has 1 fully saturated rings. The summed E-state index contributed by atoms with van der Waals surface area (Å²) in [6.07, 6.45) is 0.233. The monoisotopic (exact) mass is 342 g/mol. The quantitative estimate of drug-likeness (QED) is 0.815. The van der Waals surface area contributed by atoms with Crippen LogP contribution in [0.5, 0.6) is 5.75 Å². The van der Waals surface area contributed by atoms with Crippen molar-refractivity contribution in [1.82, 2.24) is 4.31 Å². The standard InChI is InChI=1S/C15H22N2O5S/c1-10-6-13(21-3)7-11(2)15(10)23(19,20)17-5-4-12(8-17)22-9-14(16)18/h6-7,12H,4-5,8-9H2,1-3H3,(H2,16,18). The number of carbonyl (C=O) groups excluding carboxylic acids is 1. The van der Waals surface area contributed by atoms with Gasteiger partial charge in [-0.3, -0.25) is 4.79 Å². The minimum absolute atomic E-state index is 0.195. The van der Waals surface area contributed by atoms with Gasteiger partial charge < -0.3 is 15.2 Å². The summed E-state index contributed by atoms with van der Waals surface area (Å²) in [6.45, 7) is 3.88. The zero-order valence-electron chi connectivity index (χ0n) is 13.5. The van der Waals surface area contributed by atoms with Gasteiger partial charge in [-0.05, 0) is 43.5 Å². The number of hydrogen-bond acceptors (Lipinski definition) is 5. The Balaban J connectivity index is 2.22. The molecule has 1 aliphatic heterocycles. The maximum atomic E-state index is 12.9. The van der Waals surface area contributed by atoms with Gasteiger partial charge in [-0.15, -0.1) is 0 Å². The summed E-state index contributed by atoms with van der Waals surface area (Å²) in [7, 11) is -2.07. The SMILES string of the molecule is COc1cc(C)c(S(=O)(=O)N2CCC(OCC(N)=O)C2)c(C)c1. The van der Waals surface area contributed by atoms with Crippen LogP contribution in [0.3, 0.4) is 0 Å². The maximum Gasteiger partial charge on any atom is 0.243 e. The summed E-state index contributed by atoms with van der Waals surface area (Å²) < 4.78 is 37.7. The van der Waals surface area contributed by atoms with Gasteiger partial charge in [-0.2, -0.15) is 4.31 Å². The average Bonchev–Trinajstić information content (AvgIpc) is 2.93. The number of primary amides is 1. The lowest BCUT2D eigenvalue weighted by atomic mass is 10.1. The second-order valence-corrected chi connectivity index (χ2v) is 7.52. The van der Waals surface area contributed by atoms with Crippen LogP contribution in [-0.4, -0.2) is 51.5 Å². The van der Waals surface area contributed by atoms with E-state index >= 15 is 0 Å². The van der Waals surface area contributed by atoms with Crippen LogP contribution in [0, 0.1) is 13.8 Å². The van der Waals surface area contributed by atoms with E-state index in [0.29, 0.717) is 34.7 Å². The zero-order valence-corrected chi connectivity index (χ0v) is 14.4. The van der Waals surface area contributed by atoms with Gasteiger partial charge in [0.25, 0.3) is 0 Å². The molecule has 1 amide bonds. The smallest absolute Gasteiger partial charge is 0.243 e. The molecule has 2 N–H and O–H groups in total. The highest BCUT2D eigenvalue weighted by molar-refractivity contribution is 7.89. The molecule has 1 heterocycles. The van der Waals surface area contributed by atoms with Crippen LogP contribution in [0.1, 0.15) is 17.5 Å². The Hall–Kier alpha value is -1.64. The molecule has 0 aromatic heterocycles. The fraction of sp³-hybridized carbons (Fsp3) is 0.533. The van der Waals surface area contributed by atoms with Crippen molar-refractivity contribution < 1.29 is 22.7 Å². The molecule has 1 unspecified atom stereocenters. The van der Waals surface area contributed by atoms with E-state index in [1.165, 1.54) is 4.31 Å². The Kier molecular flexibility index (Phi) is 5.28. The number of ether oxygens (including phenoxy) is 2. The molecule has 0 radical (unpaired) electrons. The number of carbonyl (C=O) groups is 1. The highest BCUT2D eigenvalue weighted by Gasteiger charge is 2.35. The number of nitrogens with zero attached hydrogens (tertiary/aromatic N) is 1. The lowest BCUT2D eigenvalue weighted by Gasteiger charge is -2.20. The Bertz CT molecular complexity index is 679. The molecule has 0 saturated carbocycles. The van der Waals surface area contributed by atoms with Gasteiger partial charge in [0, 0.05) is 13.1 Å². The van der Waals surface area contributed by atoms with E-state index in [2.05, 4.69) is 0 Å². The van der Waals surface area contributed by atoms with Crippen LogP contribution in [0.2, 0.25) is 0 Å². The normalized spacial score (nSPS) is 19.0. The second-order valence-electron chi connectivity index (χ2n) is 5.64. The Morgan fingerprint density at radius 1 is 1.35 bits per heavy atom. The summed E-state index contributed by atoms with van der Waals surface area (Å²) in [5.74, 6) is 0.0659. The minimum Gasteiger partial charge on any atom is -0.497 e. The number of nitrogens with two attached hydrogens (primary N) is 1. The molecule has 7 nitrogen and oxygen atoms in total. The van der Waals surface area contributed by atoms with Crippen molar-refractivity contribution in [3.8, 4) is 5.75 Å². The number of aryl methyl sites for hydroxylation is 2. The first-order valence-corrected chi connectivity index (χ1v) is 8.75. The van der Waals surface area contributed by atoms with Crippen LogP contribution in [0.15, 0.2) is 17.0 Å². The zero-order chi connectivity index (χ0) is 17.2. The fourth-order valence-corrected chi connectivity index (χ4v) is 4.71. The molecule has 23 heavy (non-hydrogen) atoms. The first-order chi connectivity index (χ1) is 10.8. The lowest BCUT2D eigenvalue weighted by Crippen LogP contribution is -2.32. The van der Waals surface area contributed by atoms with Gasteiger partial charge in [0.05, 0.1) is 18.1 Å². The second kappa shape index (κ2) is 6.86. The molecule has 0 aliphatic carbocycles. The van der Waals surface area contributed by atoms with Crippen LogP contribution < -0.4 is 10.5 Å². The topological polar surface area (TPSA) is 98.9 Å². The lowest BCUT2D eigenvalue weighted by molar-refractivity contribution is -0.124. The number of benzene rings is 1. The summed E-state index contributed by atoms with van der Waals surface area (Å²) in [6, 6.07) is 3.41. The van der Waals surface area contributed by atoms with Crippen molar-refractivity contribution in [3.63, 3.8) is 0 Å². The highest BCUT2D eigenvalue weighted by Crippen LogP contribution is 2.30. The van der Waals surface area contributed by atoms with E-state index in [0.717, 1.165) is 0 Å². The predicted molar refractivity (Wildman–Crippen MR) is 84.8 cm³/mol. The van der Waals surface area contributed by atoms with E-state index < -0.39 is 15.9 Å². The molecule has 8 heteroatoms. The highest BCUT2D eigenvalue weighted by atomic mass is 32.2. The van der Waals surface area contributed by atoms with Gasteiger partial charge in [-0.25, -0.2) is 8.42 Å². The molecular formula is C15H22N2O5S. The molecule has 1 saturated heterocycles. The first-order valence-electron chi connectivity index (χ1n) is 7.31. The van der Waals surface area contributed by atoms with Gasteiger partial charge in [0.2, 0.25) is 15.9 Å². The molecule has 128 valence electrons. The van der Waals surface area contributed by atoms with E-state index in [-0.39, 0.29) is 19.3 Å². The predicted octanol–water partition coefficient (Wildman–Crippen LogP) is 0.577. The average molecular weight is 342 g/mol. The van der Waals surface area contributed by atoms with E-state index in [1.807, 2.05) is 0 Å². The van der Waals surface area contributed by atoms with Gasteiger partial charge >= 0.3 is 0 Å². The van der Waals surface area contributed by atoms with E-state index in [4.69, 9.17) is 15.2 Å². The molecule has 0 spiro atoms. The molecular weight excluding hydrogens is 320 g/mol. The van der Waals surface area contributed by atoms with Crippen LogP contribution >= 0.6 is 0 Å². The number of hydrogen-bond donors (Lipinski definition) is 1. The number of methoxy groups -OCH3 is 1. The van der Waals surface area contributed by atoms with Gasteiger partial charge in [0.15, 0.2) is 0 Å². The number of sulfonamides is 1. The van der Waals surface area contributed by atoms with Crippen molar-refractivity contribution in [2.75, 3.05) is 26.8 Å². The van der Waals surface area contributed by atoms with Gasteiger partial charge in [0.1, 0.15) is 12.4 Å². The van der Waals surface area contributed by atoms with Crippen molar-refractivity contribution in [2.24, 2.45) is 5.73 Å². The minimum atomic E-state index is -3.61. The largest absolute Gasteiger partial charge is 0.497 e. The van der Waals surface area contributed by atoms with E-state index in [1.54, 1.807) is 33.1 Å². The van der Waals surface area contributed by atoms with Gasteiger partial charge in [-0.1, -0.05) is 0 Å². The third-order valence-electron chi connectivity index (χ3n) is 3.84. The molecule has 1 aromatic rings. The fourth-order valence-electron chi connectivity index (χ4n) is 2.82. The maximum absolute atomic E-state index is 12.9. The van der Waals surface area contributed by atoms with Crippen LogP contribution in [-0.2, 0) is 19.6 Å². The van der Waals surface area contributed by atoms with Crippen LogP contribution in [0.4, 0.5) is 0 Å². The third-order valence-corrected chi connectivity index (χ3v) is 6.01. The Labute approximate surface area is 136 Å². The summed E-state index contributed by atoms with van der Waals surface area (Å²) in [5, 5.41) is 0. The first kappa shape index (κ1) is 17.7. The Morgan fingerprint density at radius 3 is 2.48 bits per heavy atom. The number of amides is 1. The van der Waals surface area contributed by atoms with Crippen LogP contribution in [0.25, 0.3) is 0 Å². The van der Waals surface area contributed by atoms with Crippen molar-refractivity contribution in [3.05, 3.63) is 23.3 Å². The van der Waals surface area contributed by atoms with Crippen molar-refractivity contribution >= 4 is 15.9 Å². The van der Waals surface area contributed by atoms with E-state index in [9.17, 15) is 13.2 Å². The summed E-state index contributed by atoms with van der Waals surface area (Å²) in [5.41, 5.74) is 6.33. The summed E-state index contributed by atoms with van der Waals surface area (Å²) in [4.78, 5) is 11.1. The third kappa shape index (κ3) is 3.82.